The van der Waals surface area contributed by atoms with Crippen LogP contribution < -0.4 is 0 Å². The molecule has 0 bridgehead atoms. The van der Waals surface area contributed by atoms with Crippen molar-refractivity contribution < 1.29 is 0 Å². The van der Waals surface area contributed by atoms with Gasteiger partial charge in [-0.2, -0.15) is 0 Å². The van der Waals surface area contributed by atoms with Gasteiger partial charge in [-0.3, -0.25) is 0 Å². The standard InChI is InChI=1S/C18H34/c1-4-13-17(2,3)18(14-9-6-10-15-18)16-11-7-5-8-12-16/h16H,4-15H2,1-3H3. The minimum absolute atomic E-state index is 0.574. The molecule has 0 heterocycles. The first-order valence-electron chi connectivity index (χ1n) is 8.62. The highest BCUT2D eigenvalue weighted by Gasteiger charge is 2.49. The van der Waals surface area contributed by atoms with E-state index in [9.17, 15) is 0 Å². The molecule has 0 heteroatoms. The summed E-state index contributed by atoms with van der Waals surface area (Å²) >= 11 is 0. The lowest BCUT2D eigenvalue weighted by Crippen LogP contribution is -2.46. The van der Waals surface area contributed by atoms with Crippen molar-refractivity contribution in [2.24, 2.45) is 16.7 Å². The molecule has 18 heavy (non-hydrogen) atoms. The van der Waals surface area contributed by atoms with Gasteiger partial charge < -0.3 is 0 Å². The van der Waals surface area contributed by atoms with E-state index >= 15 is 0 Å². The van der Waals surface area contributed by atoms with Gasteiger partial charge in [0, 0.05) is 0 Å². The smallest absolute Gasteiger partial charge is 0.0218 e. The predicted molar refractivity (Wildman–Crippen MR) is 80.8 cm³/mol. The van der Waals surface area contributed by atoms with Gasteiger partial charge in [-0.25, -0.2) is 0 Å². The topological polar surface area (TPSA) is 0 Å². The molecule has 0 saturated heterocycles. The van der Waals surface area contributed by atoms with Crippen molar-refractivity contribution in [1.82, 2.24) is 0 Å². The molecular formula is C18H34. The monoisotopic (exact) mass is 250 g/mol. The molecule has 2 aliphatic carbocycles. The lowest BCUT2D eigenvalue weighted by molar-refractivity contribution is -0.0538. The molecule has 106 valence electrons. The average molecular weight is 250 g/mol. The lowest BCUT2D eigenvalue weighted by Gasteiger charge is -2.55. The van der Waals surface area contributed by atoms with Gasteiger partial charge in [0.05, 0.1) is 0 Å². The maximum atomic E-state index is 2.59. The summed E-state index contributed by atoms with van der Waals surface area (Å²) in [5.41, 5.74) is 1.27. The molecule has 0 aromatic rings. The Morgan fingerprint density at radius 1 is 0.889 bits per heavy atom. The summed E-state index contributed by atoms with van der Waals surface area (Å²) in [5, 5.41) is 0. The van der Waals surface area contributed by atoms with E-state index in [1.54, 1.807) is 0 Å². The minimum Gasteiger partial charge on any atom is -0.0654 e. The molecule has 0 aromatic carbocycles. The Labute approximate surface area is 115 Å². The Morgan fingerprint density at radius 2 is 1.44 bits per heavy atom. The molecule has 0 unspecified atom stereocenters. The normalized spacial score (nSPS) is 26.2. The zero-order chi connectivity index (χ0) is 13.1. The van der Waals surface area contributed by atoms with Gasteiger partial charge in [-0.1, -0.05) is 65.7 Å². The average Bonchev–Trinajstić information content (AvgIpc) is 2.40. The van der Waals surface area contributed by atoms with Gasteiger partial charge in [-0.15, -0.1) is 0 Å². The van der Waals surface area contributed by atoms with E-state index in [0.29, 0.717) is 10.8 Å². The van der Waals surface area contributed by atoms with Crippen LogP contribution in [0.4, 0.5) is 0 Å². The Hall–Kier alpha value is 0. The summed E-state index contributed by atoms with van der Waals surface area (Å²) in [4.78, 5) is 0. The van der Waals surface area contributed by atoms with Gasteiger partial charge in [-0.05, 0) is 48.9 Å². The highest BCUT2D eigenvalue weighted by atomic mass is 14.5. The number of rotatable bonds is 4. The first-order chi connectivity index (χ1) is 8.62. The minimum atomic E-state index is 0.574. The van der Waals surface area contributed by atoms with Gasteiger partial charge in [0.2, 0.25) is 0 Å². The van der Waals surface area contributed by atoms with Crippen molar-refractivity contribution in [1.29, 1.82) is 0 Å². The fourth-order valence-corrected chi connectivity index (χ4v) is 5.35. The molecule has 2 aliphatic rings. The van der Waals surface area contributed by atoms with E-state index in [1.165, 1.54) is 77.0 Å². The molecule has 0 radical (unpaired) electrons. The maximum Gasteiger partial charge on any atom is -0.0218 e. The van der Waals surface area contributed by atoms with Gasteiger partial charge in [0.15, 0.2) is 0 Å². The third-order valence-corrected chi connectivity index (χ3v) is 6.36. The molecule has 0 N–H and O–H groups in total. The first kappa shape index (κ1) is 14.4. The Bertz CT molecular complexity index is 239. The zero-order valence-electron chi connectivity index (χ0n) is 13.1. The van der Waals surface area contributed by atoms with E-state index in [4.69, 9.17) is 0 Å². The van der Waals surface area contributed by atoms with Crippen LogP contribution in [0.2, 0.25) is 0 Å². The molecular weight excluding hydrogens is 216 g/mol. The van der Waals surface area contributed by atoms with Crippen molar-refractivity contribution in [2.45, 2.75) is 97.8 Å². The van der Waals surface area contributed by atoms with E-state index in [1.807, 2.05) is 0 Å². The highest BCUT2D eigenvalue weighted by molar-refractivity contribution is 4.99. The second kappa shape index (κ2) is 5.97. The van der Waals surface area contributed by atoms with Crippen molar-refractivity contribution in [3.8, 4) is 0 Å². The summed E-state index contributed by atoms with van der Waals surface area (Å²) in [5.74, 6) is 1.05. The summed E-state index contributed by atoms with van der Waals surface area (Å²) in [7, 11) is 0. The Balaban J connectivity index is 2.20. The fraction of sp³-hybridized carbons (Fsp3) is 1.00. The van der Waals surface area contributed by atoms with Crippen LogP contribution >= 0.6 is 0 Å². The van der Waals surface area contributed by atoms with Crippen LogP contribution in [0.5, 0.6) is 0 Å². The quantitative estimate of drug-likeness (QED) is 0.546. The fourth-order valence-electron chi connectivity index (χ4n) is 5.35. The van der Waals surface area contributed by atoms with Crippen molar-refractivity contribution >= 4 is 0 Å². The summed E-state index contributed by atoms with van der Waals surface area (Å²) in [6, 6.07) is 0. The van der Waals surface area contributed by atoms with E-state index in [0.717, 1.165) is 5.92 Å². The van der Waals surface area contributed by atoms with Gasteiger partial charge in [0.25, 0.3) is 0 Å². The van der Waals surface area contributed by atoms with Crippen molar-refractivity contribution in [2.75, 3.05) is 0 Å². The molecule has 2 rings (SSSR count). The van der Waals surface area contributed by atoms with Crippen LogP contribution in [-0.4, -0.2) is 0 Å². The molecule has 2 saturated carbocycles. The van der Waals surface area contributed by atoms with E-state index in [-0.39, 0.29) is 0 Å². The Morgan fingerprint density at radius 3 is 2.00 bits per heavy atom. The largest absolute Gasteiger partial charge is 0.0654 e. The summed E-state index contributed by atoms with van der Waals surface area (Å²) in [6.07, 6.45) is 18.0. The van der Waals surface area contributed by atoms with Crippen molar-refractivity contribution in [3.05, 3.63) is 0 Å². The van der Waals surface area contributed by atoms with Gasteiger partial charge >= 0.3 is 0 Å². The molecule has 0 aliphatic heterocycles. The molecule has 2 fully saturated rings. The number of hydrogen-bond acceptors (Lipinski definition) is 0. The summed E-state index contributed by atoms with van der Waals surface area (Å²) in [6.45, 7) is 7.56. The SMILES string of the molecule is CCCC(C)(C)C1(C2CCCCC2)CCCCC1. The zero-order valence-corrected chi connectivity index (χ0v) is 13.1. The second-order valence-electron chi connectivity index (χ2n) is 7.69. The summed E-state index contributed by atoms with van der Waals surface area (Å²) < 4.78 is 0. The molecule has 0 aromatic heterocycles. The molecule has 0 amide bonds. The van der Waals surface area contributed by atoms with Crippen LogP contribution in [0.25, 0.3) is 0 Å². The maximum absolute atomic E-state index is 2.59. The first-order valence-corrected chi connectivity index (χ1v) is 8.62. The highest BCUT2D eigenvalue weighted by Crippen LogP contribution is 2.59. The molecule has 0 spiro atoms. The van der Waals surface area contributed by atoms with Crippen molar-refractivity contribution in [3.63, 3.8) is 0 Å². The van der Waals surface area contributed by atoms with Crippen LogP contribution in [-0.2, 0) is 0 Å². The second-order valence-corrected chi connectivity index (χ2v) is 7.69. The third kappa shape index (κ3) is 2.63. The van der Waals surface area contributed by atoms with Gasteiger partial charge in [0.1, 0.15) is 0 Å². The van der Waals surface area contributed by atoms with Crippen LogP contribution in [0.1, 0.15) is 97.8 Å². The predicted octanol–water partition coefficient (Wildman–Crippen LogP) is 6.34. The Kier molecular flexibility index (Phi) is 4.78. The molecule has 0 atom stereocenters. The number of hydrogen-bond donors (Lipinski definition) is 0. The van der Waals surface area contributed by atoms with Crippen LogP contribution in [0, 0.1) is 16.7 Å². The molecule has 0 nitrogen and oxygen atoms in total. The third-order valence-electron chi connectivity index (χ3n) is 6.36. The van der Waals surface area contributed by atoms with Crippen LogP contribution in [0.15, 0.2) is 0 Å². The van der Waals surface area contributed by atoms with Crippen LogP contribution in [0.3, 0.4) is 0 Å². The van der Waals surface area contributed by atoms with E-state index < -0.39 is 0 Å². The lowest BCUT2D eigenvalue weighted by atomic mass is 9.50. The van der Waals surface area contributed by atoms with E-state index in [2.05, 4.69) is 20.8 Å².